The summed E-state index contributed by atoms with van der Waals surface area (Å²) in [5, 5.41) is 0.763. The quantitative estimate of drug-likeness (QED) is 0.360. The van der Waals surface area contributed by atoms with Gasteiger partial charge in [-0.25, -0.2) is 4.98 Å². The molecule has 1 saturated heterocycles. The third-order valence-corrected chi connectivity index (χ3v) is 7.15. The highest BCUT2D eigenvalue weighted by atomic mass is 32.1. The number of nitrogens with zero attached hydrogens (tertiary/aromatic N) is 3. The summed E-state index contributed by atoms with van der Waals surface area (Å²) in [6.45, 7) is 12.1. The van der Waals surface area contributed by atoms with Gasteiger partial charge in [0.25, 0.3) is 5.91 Å². The van der Waals surface area contributed by atoms with Gasteiger partial charge in [0.1, 0.15) is 5.75 Å². The highest BCUT2D eigenvalue weighted by molar-refractivity contribution is 7.22. The maximum atomic E-state index is 13.6. The van der Waals surface area contributed by atoms with Crippen LogP contribution in [0.25, 0.3) is 10.2 Å². The number of benzene rings is 2. The lowest BCUT2D eigenvalue weighted by molar-refractivity contribution is 0.0376. The Morgan fingerprint density at radius 1 is 1.15 bits per heavy atom. The molecule has 0 spiro atoms. The van der Waals surface area contributed by atoms with Crippen molar-refractivity contribution >= 4 is 32.6 Å². The maximum absolute atomic E-state index is 13.6. The van der Waals surface area contributed by atoms with Crippen LogP contribution in [-0.4, -0.2) is 61.8 Å². The van der Waals surface area contributed by atoms with E-state index >= 15 is 0 Å². The molecule has 0 unspecified atom stereocenters. The fraction of sp³-hybridized carbons (Fsp3) is 0.481. The zero-order valence-corrected chi connectivity index (χ0v) is 21.3. The minimum Gasteiger partial charge on any atom is -0.494 e. The molecule has 0 saturated carbocycles. The second kappa shape index (κ2) is 11.8. The second-order valence-electron chi connectivity index (χ2n) is 8.92. The minimum absolute atomic E-state index is 0.0180. The molecule has 34 heavy (non-hydrogen) atoms. The van der Waals surface area contributed by atoms with Gasteiger partial charge in [0, 0.05) is 31.7 Å². The Morgan fingerprint density at radius 3 is 2.65 bits per heavy atom. The summed E-state index contributed by atoms with van der Waals surface area (Å²) in [6, 6.07) is 11.8. The Labute approximate surface area is 206 Å². The first kappa shape index (κ1) is 24.6. The Morgan fingerprint density at radius 2 is 1.91 bits per heavy atom. The first-order valence-corrected chi connectivity index (χ1v) is 13.1. The number of aryl methyl sites for hydroxylation is 2. The number of hydrogen-bond acceptors (Lipinski definition) is 6. The zero-order chi connectivity index (χ0) is 23.9. The number of amides is 1. The number of rotatable bonds is 10. The Kier molecular flexibility index (Phi) is 8.53. The molecule has 0 bridgehead atoms. The van der Waals surface area contributed by atoms with Gasteiger partial charge >= 0.3 is 0 Å². The van der Waals surface area contributed by atoms with E-state index in [1.165, 1.54) is 5.56 Å². The van der Waals surface area contributed by atoms with Crippen molar-refractivity contribution < 1.29 is 14.3 Å². The number of thiazole rings is 1. The largest absolute Gasteiger partial charge is 0.494 e. The van der Waals surface area contributed by atoms with E-state index in [2.05, 4.69) is 37.8 Å². The van der Waals surface area contributed by atoms with E-state index in [0.717, 1.165) is 78.8 Å². The Balaban J connectivity index is 1.54. The molecule has 1 amide bonds. The number of aromatic nitrogens is 1. The number of unbranched alkanes of at least 4 members (excludes halogenated alkanes) is 1. The van der Waals surface area contributed by atoms with Gasteiger partial charge in [0.05, 0.1) is 30.0 Å². The predicted octanol–water partition coefficient (Wildman–Crippen LogP) is 5.46. The smallest absolute Gasteiger partial charge is 0.260 e. The molecule has 1 fully saturated rings. The molecule has 0 N–H and O–H groups in total. The van der Waals surface area contributed by atoms with Gasteiger partial charge in [-0.2, -0.15) is 0 Å². The van der Waals surface area contributed by atoms with Crippen LogP contribution in [0.3, 0.4) is 0 Å². The van der Waals surface area contributed by atoms with Gasteiger partial charge in [-0.3, -0.25) is 14.6 Å². The molecule has 0 aliphatic carbocycles. The predicted molar refractivity (Wildman–Crippen MR) is 139 cm³/mol. The highest BCUT2D eigenvalue weighted by Crippen LogP contribution is 2.32. The number of anilines is 1. The minimum atomic E-state index is -0.0180. The molecule has 4 rings (SSSR count). The van der Waals surface area contributed by atoms with E-state index in [9.17, 15) is 4.79 Å². The van der Waals surface area contributed by atoms with Crippen LogP contribution in [0.4, 0.5) is 5.13 Å². The first-order valence-electron chi connectivity index (χ1n) is 12.3. The summed E-state index contributed by atoms with van der Waals surface area (Å²) in [7, 11) is 0. The zero-order valence-electron chi connectivity index (χ0n) is 20.5. The Bertz CT molecular complexity index is 1090. The number of hydrogen-bond donors (Lipinski definition) is 0. The van der Waals surface area contributed by atoms with Crippen molar-refractivity contribution in [2.45, 2.75) is 40.0 Å². The summed E-state index contributed by atoms with van der Waals surface area (Å²) >= 11 is 1.60. The summed E-state index contributed by atoms with van der Waals surface area (Å²) in [5.74, 6) is 0.783. The van der Waals surface area contributed by atoms with Crippen molar-refractivity contribution in [3.63, 3.8) is 0 Å². The van der Waals surface area contributed by atoms with Crippen molar-refractivity contribution in [2.24, 2.45) is 0 Å². The molecule has 1 aliphatic rings. The van der Waals surface area contributed by atoms with Gasteiger partial charge in [0.15, 0.2) is 5.13 Å². The van der Waals surface area contributed by atoms with Crippen LogP contribution in [0.2, 0.25) is 0 Å². The monoisotopic (exact) mass is 481 g/mol. The molecule has 6 nitrogen and oxygen atoms in total. The molecule has 3 aromatic rings. The number of carbonyl (C=O) groups excluding carboxylic acids is 1. The van der Waals surface area contributed by atoms with Crippen molar-refractivity contribution in [2.75, 3.05) is 50.9 Å². The molecule has 182 valence electrons. The molecule has 2 heterocycles. The van der Waals surface area contributed by atoms with E-state index < -0.39 is 0 Å². The number of morpholine rings is 1. The van der Waals surface area contributed by atoms with Gasteiger partial charge in [-0.1, -0.05) is 30.7 Å². The van der Waals surface area contributed by atoms with Crippen LogP contribution in [0.1, 0.15) is 47.7 Å². The molecule has 0 radical (unpaired) electrons. The molecule has 1 aliphatic heterocycles. The molecular formula is C27H35N3O3S. The lowest BCUT2D eigenvalue weighted by Gasteiger charge is -2.27. The van der Waals surface area contributed by atoms with E-state index in [-0.39, 0.29) is 5.91 Å². The average molecular weight is 482 g/mol. The van der Waals surface area contributed by atoms with Gasteiger partial charge < -0.3 is 9.47 Å². The SMILES string of the molecule is CCCCOc1ccc(C(=O)N(CCCN2CCOCC2)c2nc3c(C)cc(C)cc3s2)cc1. The van der Waals surface area contributed by atoms with Crippen LogP contribution in [0, 0.1) is 13.8 Å². The van der Waals surface area contributed by atoms with E-state index in [1.54, 1.807) is 11.3 Å². The lowest BCUT2D eigenvalue weighted by atomic mass is 10.1. The summed E-state index contributed by atoms with van der Waals surface area (Å²) in [4.78, 5) is 22.8. The van der Waals surface area contributed by atoms with Crippen LogP contribution >= 0.6 is 11.3 Å². The summed E-state index contributed by atoms with van der Waals surface area (Å²) in [5.41, 5.74) is 3.99. The van der Waals surface area contributed by atoms with Gasteiger partial charge in [0.2, 0.25) is 0 Å². The van der Waals surface area contributed by atoms with Crippen molar-refractivity contribution in [3.05, 3.63) is 53.1 Å². The van der Waals surface area contributed by atoms with Gasteiger partial charge in [-0.15, -0.1) is 0 Å². The van der Waals surface area contributed by atoms with Crippen LogP contribution in [-0.2, 0) is 4.74 Å². The molecule has 0 atom stereocenters. The van der Waals surface area contributed by atoms with E-state index in [4.69, 9.17) is 14.5 Å². The fourth-order valence-electron chi connectivity index (χ4n) is 4.22. The normalized spacial score (nSPS) is 14.4. The molecular weight excluding hydrogens is 446 g/mol. The molecule has 1 aromatic heterocycles. The maximum Gasteiger partial charge on any atom is 0.260 e. The molecule has 2 aromatic carbocycles. The number of carbonyl (C=O) groups is 1. The van der Waals surface area contributed by atoms with Crippen LogP contribution in [0.15, 0.2) is 36.4 Å². The third-order valence-electron chi connectivity index (χ3n) is 6.12. The third kappa shape index (κ3) is 6.14. The summed E-state index contributed by atoms with van der Waals surface area (Å²) in [6.07, 6.45) is 3.00. The average Bonchev–Trinajstić information content (AvgIpc) is 3.27. The number of fused-ring (bicyclic) bond motifs is 1. The highest BCUT2D eigenvalue weighted by Gasteiger charge is 2.22. The second-order valence-corrected chi connectivity index (χ2v) is 9.92. The van der Waals surface area contributed by atoms with Crippen molar-refractivity contribution in [1.29, 1.82) is 0 Å². The van der Waals surface area contributed by atoms with E-state index in [1.807, 2.05) is 29.2 Å². The standard InChI is InChI=1S/C27H35N3O3S/c1-4-5-15-33-23-9-7-22(8-10-23)26(31)30(12-6-11-29-13-16-32-17-14-29)27-28-25-21(3)18-20(2)19-24(25)34-27/h7-10,18-19H,4-6,11-17H2,1-3H3. The van der Waals surface area contributed by atoms with Crippen molar-refractivity contribution in [3.8, 4) is 5.75 Å². The molecule has 7 heteroatoms. The number of ether oxygens (including phenoxy) is 2. The lowest BCUT2D eigenvalue weighted by Crippen LogP contribution is -2.39. The van der Waals surface area contributed by atoms with Gasteiger partial charge in [-0.05, 0) is 68.1 Å². The topological polar surface area (TPSA) is 54.9 Å². The van der Waals surface area contributed by atoms with Crippen molar-refractivity contribution in [1.82, 2.24) is 9.88 Å². The fourth-order valence-corrected chi connectivity index (χ4v) is 5.39. The Hall–Kier alpha value is -2.48. The van der Waals surface area contributed by atoms with Crippen LogP contribution < -0.4 is 9.64 Å². The van der Waals surface area contributed by atoms with Crippen LogP contribution in [0.5, 0.6) is 5.75 Å². The summed E-state index contributed by atoms with van der Waals surface area (Å²) < 4.78 is 12.4. The first-order chi connectivity index (χ1) is 16.5. The van der Waals surface area contributed by atoms with E-state index in [0.29, 0.717) is 18.7 Å².